The molecule has 104 valence electrons. The Hall–Kier alpha value is -1.92. The monoisotopic (exact) mass is 268 g/mol. The molecule has 0 amide bonds. The first-order chi connectivity index (χ1) is 8.99. The number of ether oxygens (including phenoxy) is 1. The fourth-order valence-corrected chi connectivity index (χ4v) is 1.68. The summed E-state index contributed by atoms with van der Waals surface area (Å²) < 4.78 is 4.51. The number of esters is 1. The molecule has 0 spiro atoms. The van der Waals surface area contributed by atoms with Crippen molar-refractivity contribution in [3.8, 4) is 0 Å². The lowest BCUT2D eigenvalue weighted by atomic mass is 9.98. The number of aryl methyl sites for hydroxylation is 1. The molecule has 0 saturated heterocycles. The normalized spacial score (nSPS) is 11.9. The molecule has 1 rings (SSSR count). The Morgan fingerprint density at radius 1 is 1.37 bits per heavy atom. The summed E-state index contributed by atoms with van der Waals surface area (Å²) in [7, 11) is 1.29. The Morgan fingerprint density at radius 2 is 2.05 bits per heavy atom. The molecule has 0 radical (unpaired) electrons. The molecule has 0 aromatic heterocycles. The van der Waals surface area contributed by atoms with E-state index >= 15 is 0 Å². The topological polar surface area (TPSA) is 104 Å². The molecule has 6 nitrogen and oxygen atoms in total. The largest absolute Gasteiger partial charge is 0.479 e. The van der Waals surface area contributed by atoms with Gasteiger partial charge in [0.05, 0.1) is 13.7 Å². The number of hydrogen-bond acceptors (Lipinski definition) is 5. The predicted molar refractivity (Wildman–Crippen MR) is 65.3 cm³/mol. The highest BCUT2D eigenvalue weighted by Crippen LogP contribution is 2.21. The highest BCUT2D eigenvalue weighted by atomic mass is 16.5. The molecule has 1 aromatic rings. The summed E-state index contributed by atoms with van der Waals surface area (Å²) in [6.45, 7) is -0.364. The van der Waals surface area contributed by atoms with Crippen LogP contribution in [-0.2, 0) is 27.4 Å². The van der Waals surface area contributed by atoms with E-state index in [0.29, 0.717) is 17.5 Å². The van der Waals surface area contributed by atoms with Crippen LogP contribution in [0.15, 0.2) is 18.2 Å². The van der Waals surface area contributed by atoms with E-state index in [1.807, 2.05) is 0 Å². The lowest BCUT2D eigenvalue weighted by Gasteiger charge is -2.12. The Bertz CT molecular complexity index is 468. The van der Waals surface area contributed by atoms with Gasteiger partial charge in [-0.15, -0.1) is 0 Å². The van der Waals surface area contributed by atoms with E-state index in [0.717, 1.165) is 0 Å². The maximum Gasteiger partial charge on any atom is 0.337 e. The van der Waals surface area contributed by atoms with Crippen molar-refractivity contribution in [1.29, 1.82) is 0 Å². The second-order valence-electron chi connectivity index (χ2n) is 4.01. The zero-order valence-electron chi connectivity index (χ0n) is 10.5. The van der Waals surface area contributed by atoms with Crippen LogP contribution in [0.2, 0.25) is 0 Å². The number of rotatable bonds is 6. The van der Waals surface area contributed by atoms with E-state index in [1.54, 1.807) is 6.07 Å². The minimum absolute atomic E-state index is 0.136. The van der Waals surface area contributed by atoms with Gasteiger partial charge >= 0.3 is 11.9 Å². The lowest BCUT2D eigenvalue weighted by Crippen LogP contribution is -2.13. The van der Waals surface area contributed by atoms with Gasteiger partial charge in [-0.25, -0.2) is 4.79 Å². The van der Waals surface area contributed by atoms with Gasteiger partial charge in [-0.2, -0.15) is 0 Å². The Labute approximate surface area is 110 Å². The zero-order valence-corrected chi connectivity index (χ0v) is 10.5. The van der Waals surface area contributed by atoms with Crippen molar-refractivity contribution >= 4 is 11.9 Å². The Morgan fingerprint density at radius 3 is 2.58 bits per heavy atom. The standard InChI is InChI=1S/C13H16O6/c1-19-11(15)5-3-8-2-4-9(7-14)10(6-8)12(16)13(17)18/h2,4,6,12,14,16H,3,5,7H2,1H3,(H,17,18). The number of hydrogen-bond donors (Lipinski definition) is 3. The van der Waals surface area contributed by atoms with E-state index in [2.05, 4.69) is 4.74 Å². The Balaban J connectivity index is 2.95. The van der Waals surface area contributed by atoms with Crippen LogP contribution in [-0.4, -0.2) is 34.4 Å². The molecular weight excluding hydrogens is 252 g/mol. The van der Waals surface area contributed by atoms with Crippen molar-refractivity contribution in [3.63, 3.8) is 0 Å². The van der Waals surface area contributed by atoms with Gasteiger partial charge in [-0.05, 0) is 23.1 Å². The summed E-state index contributed by atoms with van der Waals surface area (Å²) in [6.07, 6.45) is -1.16. The smallest absolute Gasteiger partial charge is 0.337 e. The van der Waals surface area contributed by atoms with Crippen molar-refractivity contribution in [2.24, 2.45) is 0 Å². The highest BCUT2D eigenvalue weighted by Gasteiger charge is 2.19. The van der Waals surface area contributed by atoms with E-state index in [1.165, 1.54) is 19.2 Å². The van der Waals surface area contributed by atoms with Crippen LogP contribution in [0.3, 0.4) is 0 Å². The second kappa shape index (κ2) is 6.86. The Kier molecular flexibility index (Phi) is 5.47. The molecule has 19 heavy (non-hydrogen) atoms. The number of aliphatic carboxylic acids is 1. The third-order valence-electron chi connectivity index (χ3n) is 2.75. The van der Waals surface area contributed by atoms with Gasteiger partial charge in [0.25, 0.3) is 0 Å². The van der Waals surface area contributed by atoms with Crippen molar-refractivity contribution < 1.29 is 29.6 Å². The number of carbonyl (C=O) groups is 2. The van der Waals surface area contributed by atoms with E-state index < -0.39 is 12.1 Å². The first kappa shape index (κ1) is 15.1. The summed E-state index contributed by atoms with van der Waals surface area (Å²) in [6, 6.07) is 4.69. The molecule has 1 unspecified atom stereocenters. The summed E-state index contributed by atoms with van der Waals surface area (Å²) in [4.78, 5) is 21.8. The lowest BCUT2D eigenvalue weighted by molar-refractivity contribution is -0.147. The van der Waals surface area contributed by atoms with Gasteiger partial charge in [-0.1, -0.05) is 18.2 Å². The number of aliphatic hydroxyl groups excluding tert-OH is 2. The molecule has 0 bridgehead atoms. The highest BCUT2D eigenvalue weighted by molar-refractivity contribution is 5.74. The van der Waals surface area contributed by atoms with E-state index in [-0.39, 0.29) is 24.6 Å². The number of benzene rings is 1. The van der Waals surface area contributed by atoms with Crippen molar-refractivity contribution in [2.45, 2.75) is 25.6 Å². The average Bonchev–Trinajstić information content (AvgIpc) is 2.43. The maximum atomic E-state index is 11.0. The van der Waals surface area contributed by atoms with Gasteiger partial charge in [0, 0.05) is 6.42 Å². The first-order valence-corrected chi connectivity index (χ1v) is 5.69. The molecule has 0 saturated carbocycles. The molecular formula is C13H16O6. The summed E-state index contributed by atoms with van der Waals surface area (Å²) in [5.41, 5.74) is 1.17. The molecule has 0 aliphatic rings. The fraction of sp³-hybridized carbons (Fsp3) is 0.385. The van der Waals surface area contributed by atoms with Crippen LogP contribution in [0.1, 0.15) is 29.2 Å². The molecule has 1 aromatic carbocycles. The van der Waals surface area contributed by atoms with Crippen LogP contribution in [0, 0.1) is 0 Å². The third-order valence-corrected chi connectivity index (χ3v) is 2.75. The van der Waals surface area contributed by atoms with Crippen molar-refractivity contribution in [1.82, 2.24) is 0 Å². The minimum atomic E-state index is -1.69. The molecule has 3 N–H and O–H groups in total. The van der Waals surface area contributed by atoms with E-state index in [9.17, 15) is 14.7 Å². The molecule has 0 aliphatic carbocycles. The molecule has 0 heterocycles. The van der Waals surface area contributed by atoms with Crippen LogP contribution in [0.5, 0.6) is 0 Å². The van der Waals surface area contributed by atoms with Crippen molar-refractivity contribution in [2.75, 3.05) is 7.11 Å². The molecule has 0 aliphatic heterocycles. The maximum absolute atomic E-state index is 11.0. The number of carboxylic acids is 1. The molecule has 6 heteroatoms. The van der Waals surface area contributed by atoms with Crippen molar-refractivity contribution in [3.05, 3.63) is 34.9 Å². The molecule has 0 fully saturated rings. The van der Waals surface area contributed by atoms with Crippen LogP contribution < -0.4 is 0 Å². The summed E-state index contributed by atoms with van der Waals surface area (Å²) >= 11 is 0. The molecule has 1 atom stereocenters. The third kappa shape index (κ3) is 4.04. The van der Waals surface area contributed by atoms with Gasteiger partial charge in [0.2, 0.25) is 0 Å². The summed E-state index contributed by atoms with van der Waals surface area (Å²) in [5, 5.41) is 27.5. The predicted octanol–water partition coefficient (Wildman–Crippen LogP) is 0.403. The van der Waals surface area contributed by atoms with E-state index in [4.69, 9.17) is 10.2 Å². The van der Waals surface area contributed by atoms with Crippen LogP contribution in [0.25, 0.3) is 0 Å². The van der Waals surface area contributed by atoms with Gasteiger partial charge < -0.3 is 20.1 Å². The number of methoxy groups -OCH3 is 1. The zero-order chi connectivity index (χ0) is 14.4. The fourth-order valence-electron chi connectivity index (χ4n) is 1.68. The van der Waals surface area contributed by atoms with Gasteiger partial charge in [0.1, 0.15) is 0 Å². The average molecular weight is 268 g/mol. The number of carbonyl (C=O) groups excluding carboxylic acids is 1. The number of aliphatic hydroxyl groups is 2. The first-order valence-electron chi connectivity index (χ1n) is 5.69. The van der Waals surface area contributed by atoms with Crippen LogP contribution >= 0.6 is 0 Å². The van der Waals surface area contributed by atoms with Gasteiger partial charge in [-0.3, -0.25) is 4.79 Å². The summed E-state index contributed by atoms with van der Waals surface area (Å²) in [5.74, 6) is -1.76. The van der Waals surface area contributed by atoms with Gasteiger partial charge in [0.15, 0.2) is 6.10 Å². The SMILES string of the molecule is COC(=O)CCc1ccc(CO)c(C(O)C(=O)O)c1. The minimum Gasteiger partial charge on any atom is -0.479 e. The second-order valence-corrected chi connectivity index (χ2v) is 4.01. The number of carboxylic acid groups (broad SMARTS) is 1. The van der Waals surface area contributed by atoms with Crippen LogP contribution in [0.4, 0.5) is 0 Å². The quantitative estimate of drug-likeness (QED) is 0.645.